The second-order valence-electron chi connectivity index (χ2n) is 7.06. The Morgan fingerprint density at radius 3 is 2.61 bits per heavy atom. The average molecular weight is 438 g/mol. The van der Waals surface area contributed by atoms with Gasteiger partial charge in [0.15, 0.2) is 0 Å². The van der Waals surface area contributed by atoms with E-state index in [0.717, 1.165) is 29.9 Å². The minimum absolute atomic E-state index is 0. The van der Waals surface area contributed by atoms with E-state index in [9.17, 15) is 4.79 Å². The number of hydrogen-bond donors (Lipinski definition) is 2. The van der Waals surface area contributed by atoms with E-state index in [2.05, 4.69) is 21.8 Å². The van der Waals surface area contributed by atoms with Crippen LogP contribution in [0.1, 0.15) is 34.6 Å². The smallest absolute Gasteiger partial charge is 0.273 e. The van der Waals surface area contributed by atoms with Crippen molar-refractivity contribution in [2.24, 2.45) is 0 Å². The van der Waals surface area contributed by atoms with Gasteiger partial charge in [0.1, 0.15) is 5.69 Å². The van der Waals surface area contributed by atoms with Crippen LogP contribution in [0.5, 0.6) is 0 Å². The van der Waals surface area contributed by atoms with E-state index in [4.69, 9.17) is 10.00 Å². The number of aromatic nitrogens is 2. The van der Waals surface area contributed by atoms with Gasteiger partial charge in [-0.3, -0.25) is 9.48 Å². The molecule has 8 heteroatoms. The standard InChI is InChI=1S/C23H23N5O2.ClH/c1-2-28-21(13-20(27-28)17-5-3-16(14-24)4-6-17)23(29)26-19-9-7-18(8-10-19)22-15-25-11-12-30-22;/h3-10,13,22,25H,2,11-12,15H2,1H3,(H,26,29);1H/t22-;/m1./s1. The topological polar surface area (TPSA) is 92.0 Å². The lowest BCUT2D eigenvalue weighted by atomic mass is 10.1. The number of amides is 1. The molecule has 1 amide bonds. The number of aryl methyl sites for hydroxylation is 1. The molecule has 31 heavy (non-hydrogen) atoms. The maximum absolute atomic E-state index is 12.9. The number of nitrogens with zero attached hydrogens (tertiary/aromatic N) is 3. The summed E-state index contributed by atoms with van der Waals surface area (Å²) in [5.74, 6) is -0.215. The number of morpholine rings is 1. The highest BCUT2D eigenvalue weighted by Crippen LogP contribution is 2.23. The third-order valence-corrected chi connectivity index (χ3v) is 5.09. The molecule has 2 aromatic carbocycles. The second kappa shape index (κ2) is 10.2. The Balaban J connectivity index is 0.00000272. The number of carbonyl (C=O) groups is 1. The van der Waals surface area contributed by atoms with Gasteiger partial charge in [-0.25, -0.2) is 0 Å². The first-order valence-electron chi connectivity index (χ1n) is 10.00. The van der Waals surface area contributed by atoms with Crippen molar-refractivity contribution in [1.82, 2.24) is 15.1 Å². The normalized spacial score (nSPS) is 15.5. The predicted molar refractivity (Wildman–Crippen MR) is 121 cm³/mol. The summed E-state index contributed by atoms with van der Waals surface area (Å²) < 4.78 is 7.44. The van der Waals surface area contributed by atoms with Gasteiger partial charge in [-0.2, -0.15) is 10.4 Å². The number of ether oxygens (including phenoxy) is 1. The van der Waals surface area contributed by atoms with Crippen LogP contribution in [0, 0.1) is 11.3 Å². The van der Waals surface area contributed by atoms with Crippen molar-refractivity contribution in [2.75, 3.05) is 25.0 Å². The Bertz CT molecular complexity index is 1060. The summed E-state index contributed by atoms with van der Waals surface area (Å²) in [5, 5.41) is 19.8. The number of nitrogens with one attached hydrogen (secondary N) is 2. The lowest BCUT2D eigenvalue weighted by Gasteiger charge is -2.24. The van der Waals surface area contributed by atoms with Crippen LogP contribution in [0.25, 0.3) is 11.3 Å². The predicted octanol–water partition coefficient (Wildman–Crippen LogP) is 3.78. The summed E-state index contributed by atoms with van der Waals surface area (Å²) in [7, 11) is 0. The van der Waals surface area contributed by atoms with Gasteiger partial charge >= 0.3 is 0 Å². The first kappa shape index (κ1) is 22.5. The minimum atomic E-state index is -0.215. The molecule has 0 saturated carbocycles. The van der Waals surface area contributed by atoms with Crippen LogP contribution < -0.4 is 10.6 Å². The lowest BCUT2D eigenvalue weighted by Crippen LogP contribution is -2.33. The maximum Gasteiger partial charge on any atom is 0.273 e. The van der Waals surface area contributed by atoms with Crippen LogP contribution >= 0.6 is 12.4 Å². The summed E-state index contributed by atoms with van der Waals surface area (Å²) >= 11 is 0. The Labute approximate surface area is 187 Å². The average Bonchev–Trinajstić information content (AvgIpc) is 3.25. The summed E-state index contributed by atoms with van der Waals surface area (Å²) in [6.07, 6.45) is 0.0417. The Morgan fingerprint density at radius 1 is 1.26 bits per heavy atom. The first-order chi connectivity index (χ1) is 14.7. The fraction of sp³-hybridized carbons (Fsp3) is 0.261. The molecule has 2 N–H and O–H groups in total. The molecule has 1 fully saturated rings. The summed E-state index contributed by atoms with van der Waals surface area (Å²) in [6, 6.07) is 18.8. The van der Waals surface area contributed by atoms with Crippen molar-refractivity contribution in [3.05, 3.63) is 71.4 Å². The number of rotatable bonds is 5. The summed E-state index contributed by atoms with van der Waals surface area (Å²) in [5.41, 5.74) is 4.44. The quantitative estimate of drug-likeness (QED) is 0.633. The third kappa shape index (κ3) is 5.12. The highest BCUT2D eigenvalue weighted by molar-refractivity contribution is 6.03. The number of carbonyl (C=O) groups excluding carboxylic acids is 1. The van der Waals surface area contributed by atoms with Crippen LogP contribution in [-0.2, 0) is 11.3 Å². The number of hydrogen-bond acceptors (Lipinski definition) is 5. The molecular weight excluding hydrogens is 414 g/mol. The number of nitriles is 1. The zero-order valence-electron chi connectivity index (χ0n) is 17.2. The zero-order chi connectivity index (χ0) is 20.9. The number of benzene rings is 2. The van der Waals surface area contributed by atoms with Crippen LogP contribution in [0.15, 0.2) is 54.6 Å². The number of anilines is 1. The van der Waals surface area contributed by atoms with E-state index in [0.29, 0.717) is 30.1 Å². The summed E-state index contributed by atoms with van der Waals surface area (Å²) in [6.45, 7) is 4.88. The first-order valence-corrected chi connectivity index (χ1v) is 10.00. The van der Waals surface area contributed by atoms with E-state index in [1.165, 1.54) is 0 Å². The Hall–Kier alpha value is -3.18. The highest BCUT2D eigenvalue weighted by Gasteiger charge is 2.18. The van der Waals surface area contributed by atoms with E-state index >= 15 is 0 Å². The van der Waals surface area contributed by atoms with Gasteiger partial charge in [-0.05, 0) is 42.8 Å². The minimum Gasteiger partial charge on any atom is -0.371 e. The van der Waals surface area contributed by atoms with E-state index in [-0.39, 0.29) is 24.4 Å². The van der Waals surface area contributed by atoms with E-state index in [1.807, 2.05) is 43.3 Å². The molecule has 160 valence electrons. The second-order valence-corrected chi connectivity index (χ2v) is 7.06. The number of halogens is 1. The fourth-order valence-electron chi connectivity index (χ4n) is 3.45. The van der Waals surface area contributed by atoms with Crippen LogP contribution in [0.4, 0.5) is 5.69 Å². The lowest BCUT2D eigenvalue weighted by molar-refractivity contribution is 0.0277. The molecule has 1 aliphatic heterocycles. The molecule has 3 aromatic rings. The van der Waals surface area contributed by atoms with Crippen LogP contribution in [0.2, 0.25) is 0 Å². The Morgan fingerprint density at radius 2 is 2.00 bits per heavy atom. The molecule has 1 atom stereocenters. The van der Waals surface area contributed by atoms with Crippen molar-refractivity contribution in [3.8, 4) is 17.3 Å². The SMILES string of the molecule is CCn1nc(-c2ccc(C#N)cc2)cc1C(=O)Nc1ccc([C@H]2CNCCO2)cc1.Cl. The molecule has 0 aliphatic carbocycles. The monoisotopic (exact) mass is 437 g/mol. The molecule has 7 nitrogen and oxygen atoms in total. The van der Waals surface area contributed by atoms with Gasteiger partial charge in [0.2, 0.25) is 0 Å². The van der Waals surface area contributed by atoms with Crippen molar-refractivity contribution >= 4 is 24.0 Å². The van der Waals surface area contributed by atoms with Crippen molar-refractivity contribution in [1.29, 1.82) is 5.26 Å². The molecule has 1 aromatic heterocycles. The molecule has 1 saturated heterocycles. The molecule has 1 aliphatic rings. The van der Waals surface area contributed by atoms with Gasteiger partial charge in [-0.1, -0.05) is 24.3 Å². The van der Waals surface area contributed by atoms with Gasteiger partial charge in [0, 0.05) is 30.9 Å². The van der Waals surface area contributed by atoms with Gasteiger partial charge in [-0.15, -0.1) is 12.4 Å². The molecule has 0 bridgehead atoms. The van der Waals surface area contributed by atoms with Crippen LogP contribution in [-0.4, -0.2) is 35.4 Å². The van der Waals surface area contributed by atoms with Gasteiger partial charge in [0.05, 0.1) is 30.0 Å². The Kier molecular flexibility index (Phi) is 7.42. The molecule has 4 rings (SSSR count). The highest BCUT2D eigenvalue weighted by atomic mass is 35.5. The van der Waals surface area contributed by atoms with Crippen molar-refractivity contribution < 1.29 is 9.53 Å². The van der Waals surface area contributed by atoms with Gasteiger partial charge in [0.25, 0.3) is 5.91 Å². The summed E-state index contributed by atoms with van der Waals surface area (Å²) in [4.78, 5) is 12.9. The fourth-order valence-corrected chi connectivity index (χ4v) is 3.45. The van der Waals surface area contributed by atoms with Crippen molar-refractivity contribution in [2.45, 2.75) is 19.6 Å². The van der Waals surface area contributed by atoms with E-state index in [1.54, 1.807) is 22.9 Å². The van der Waals surface area contributed by atoms with Gasteiger partial charge < -0.3 is 15.4 Å². The largest absolute Gasteiger partial charge is 0.371 e. The van der Waals surface area contributed by atoms with Crippen LogP contribution in [0.3, 0.4) is 0 Å². The molecule has 2 heterocycles. The third-order valence-electron chi connectivity index (χ3n) is 5.09. The molecular formula is C23H24ClN5O2. The molecule has 0 unspecified atom stereocenters. The van der Waals surface area contributed by atoms with Crippen molar-refractivity contribution in [3.63, 3.8) is 0 Å². The maximum atomic E-state index is 12.9. The molecule has 0 radical (unpaired) electrons. The molecule has 0 spiro atoms. The zero-order valence-corrected chi connectivity index (χ0v) is 18.0. The van der Waals surface area contributed by atoms with E-state index < -0.39 is 0 Å².